The molecular weight excluding hydrogens is 288 g/mol. The maximum atomic E-state index is 12.1. The van der Waals surface area contributed by atoms with Crippen molar-refractivity contribution in [2.45, 2.75) is 18.9 Å². The van der Waals surface area contributed by atoms with Gasteiger partial charge in [0.15, 0.2) is 0 Å². The summed E-state index contributed by atoms with van der Waals surface area (Å²) in [5.74, 6) is 0.329. The van der Waals surface area contributed by atoms with Crippen molar-refractivity contribution >= 4 is 23.8 Å². The summed E-state index contributed by atoms with van der Waals surface area (Å²) in [6.07, 6.45) is 1.75. The molecule has 1 fully saturated rings. The van der Waals surface area contributed by atoms with Gasteiger partial charge in [-0.1, -0.05) is 30.3 Å². The Hall–Kier alpha value is -1.69. The summed E-state index contributed by atoms with van der Waals surface area (Å²) in [5, 5.41) is 12.0. The number of carbonyl (C=O) groups is 2. The highest BCUT2D eigenvalue weighted by molar-refractivity contribution is 7.99. The van der Waals surface area contributed by atoms with Gasteiger partial charge in [-0.15, -0.1) is 0 Å². The highest BCUT2D eigenvalue weighted by Gasteiger charge is 2.32. The molecule has 0 bridgehead atoms. The predicted octanol–water partition coefficient (Wildman–Crippen LogP) is 1.83. The summed E-state index contributed by atoms with van der Waals surface area (Å²) in [4.78, 5) is 24.6. The number of aliphatic carboxylic acids is 1. The minimum absolute atomic E-state index is 0.268. The van der Waals surface area contributed by atoms with Crippen LogP contribution in [-0.4, -0.2) is 52.6 Å². The van der Waals surface area contributed by atoms with Gasteiger partial charge in [0.25, 0.3) is 0 Å². The molecule has 21 heavy (non-hydrogen) atoms. The van der Waals surface area contributed by atoms with Crippen LogP contribution in [0, 0.1) is 0 Å². The third-order valence-electron chi connectivity index (χ3n) is 3.44. The number of nitrogens with zero attached hydrogens (tertiary/aromatic N) is 1. The minimum atomic E-state index is -0.929. The van der Waals surface area contributed by atoms with Crippen LogP contribution in [0.2, 0.25) is 0 Å². The zero-order chi connectivity index (χ0) is 15.1. The van der Waals surface area contributed by atoms with Crippen LogP contribution in [0.3, 0.4) is 0 Å². The SMILES string of the molecule is O=C(O)C1CSCCN1C(=O)NCCCc1ccccc1. The number of aryl methyl sites for hydroxylation is 1. The van der Waals surface area contributed by atoms with Gasteiger partial charge in [-0.3, -0.25) is 0 Å². The van der Waals surface area contributed by atoms with E-state index in [0.717, 1.165) is 18.6 Å². The molecule has 0 spiro atoms. The smallest absolute Gasteiger partial charge is 0.327 e. The summed E-state index contributed by atoms with van der Waals surface area (Å²) < 4.78 is 0. The quantitative estimate of drug-likeness (QED) is 0.814. The molecule has 2 rings (SSSR count). The van der Waals surface area contributed by atoms with Crippen LogP contribution in [0.1, 0.15) is 12.0 Å². The van der Waals surface area contributed by atoms with Crippen molar-refractivity contribution < 1.29 is 14.7 Å². The zero-order valence-corrected chi connectivity index (χ0v) is 12.6. The average Bonchev–Trinajstić information content (AvgIpc) is 2.52. The molecule has 2 amide bonds. The van der Waals surface area contributed by atoms with Crippen LogP contribution in [0.5, 0.6) is 0 Å². The second kappa shape index (κ2) is 7.93. The predicted molar refractivity (Wildman–Crippen MR) is 83.6 cm³/mol. The Labute approximate surface area is 128 Å². The summed E-state index contributed by atoms with van der Waals surface area (Å²) in [5.41, 5.74) is 1.24. The van der Waals surface area contributed by atoms with E-state index in [4.69, 9.17) is 5.11 Å². The maximum absolute atomic E-state index is 12.1. The van der Waals surface area contributed by atoms with Gasteiger partial charge in [0.05, 0.1) is 0 Å². The van der Waals surface area contributed by atoms with Gasteiger partial charge in [0.1, 0.15) is 6.04 Å². The first-order valence-electron chi connectivity index (χ1n) is 7.07. The molecule has 0 radical (unpaired) electrons. The highest BCUT2D eigenvalue weighted by Crippen LogP contribution is 2.16. The first kappa shape index (κ1) is 15.7. The van der Waals surface area contributed by atoms with E-state index in [9.17, 15) is 9.59 Å². The first-order chi connectivity index (χ1) is 10.2. The molecular formula is C15H20N2O3S. The van der Waals surface area contributed by atoms with Crippen molar-refractivity contribution in [2.24, 2.45) is 0 Å². The number of carboxylic acids is 1. The number of hydrogen-bond acceptors (Lipinski definition) is 3. The molecule has 0 aromatic heterocycles. The Bertz CT molecular complexity index is 481. The van der Waals surface area contributed by atoms with E-state index >= 15 is 0 Å². The van der Waals surface area contributed by atoms with Gasteiger partial charge >= 0.3 is 12.0 Å². The molecule has 1 aliphatic heterocycles. The van der Waals surface area contributed by atoms with E-state index in [2.05, 4.69) is 17.4 Å². The van der Waals surface area contributed by atoms with Crippen LogP contribution in [0.4, 0.5) is 4.79 Å². The summed E-state index contributed by atoms with van der Waals surface area (Å²) in [6.45, 7) is 1.05. The van der Waals surface area contributed by atoms with Gasteiger partial charge in [0, 0.05) is 24.6 Å². The number of thioether (sulfide) groups is 1. The lowest BCUT2D eigenvalue weighted by molar-refractivity contribution is -0.141. The summed E-state index contributed by atoms with van der Waals surface area (Å²) in [7, 11) is 0. The lowest BCUT2D eigenvalue weighted by Crippen LogP contribution is -2.53. The number of benzene rings is 1. The van der Waals surface area contributed by atoms with Crippen LogP contribution >= 0.6 is 11.8 Å². The van der Waals surface area contributed by atoms with Crippen molar-refractivity contribution in [2.75, 3.05) is 24.6 Å². The Kier molecular flexibility index (Phi) is 5.92. The molecule has 1 aliphatic rings. The normalized spacial score (nSPS) is 18.3. The molecule has 6 heteroatoms. The monoisotopic (exact) mass is 308 g/mol. The highest BCUT2D eigenvalue weighted by atomic mass is 32.2. The summed E-state index contributed by atoms with van der Waals surface area (Å²) in [6, 6.07) is 9.11. The Morgan fingerprint density at radius 2 is 2.10 bits per heavy atom. The number of hydrogen-bond donors (Lipinski definition) is 2. The number of amides is 2. The number of carbonyl (C=O) groups excluding carboxylic acids is 1. The fourth-order valence-electron chi connectivity index (χ4n) is 2.29. The number of rotatable bonds is 5. The molecule has 1 heterocycles. The van der Waals surface area contributed by atoms with Gasteiger partial charge in [0.2, 0.25) is 0 Å². The molecule has 0 saturated carbocycles. The van der Waals surface area contributed by atoms with E-state index in [1.165, 1.54) is 10.5 Å². The molecule has 1 saturated heterocycles. The fourth-order valence-corrected chi connectivity index (χ4v) is 3.32. The lowest BCUT2D eigenvalue weighted by atomic mass is 10.1. The third kappa shape index (κ3) is 4.67. The first-order valence-corrected chi connectivity index (χ1v) is 8.23. The standard InChI is InChI=1S/C15H20N2O3S/c18-14(19)13-11-21-10-9-17(13)15(20)16-8-4-7-12-5-2-1-3-6-12/h1-3,5-6,13H,4,7-11H2,(H,16,20)(H,18,19). The Morgan fingerprint density at radius 1 is 1.33 bits per heavy atom. The van der Waals surface area contributed by atoms with E-state index in [1.54, 1.807) is 11.8 Å². The lowest BCUT2D eigenvalue weighted by Gasteiger charge is -2.32. The topological polar surface area (TPSA) is 69.6 Å². The number of nitrogens with one attached hydrogen (secondary N) is 1. The minimum Gasteiger partial charge on any atom is -0.480 e. The van der Waals surface area contributed by atoms with Crippen LogP contribution in [0.25, 0.3) is 0 Å². The molecule has 1 aromatic carbocycles. The van der Waals surface area contributed by atoms with E-state index < -0.39 is 12.0 Å². The fraction of sp³-hybridized carbons (Fsp3) is 0.467. The Morgan fingerprint density at radius 3 is 2.81 bits per heavy atom. The molecule has 1 atom stereocenters. The van der Waals surface area contributed by atoms with Gasteiger partial charge in [-0.2, -0.15) is 11.8 Å². The molecule has 2 N–H and O–H groups in total. The summed E-state index contributed by atoms with van der Waals surface area (Å²) >= 11 is 1.58. The molecule has 1 unspecified atom stereocenters. The molecule has 5 nitrogen and oxygen atoms in total. The van der Waals surface area contributed by atoms with Crippen molar-refractivity contribution in [3.8, 4) is 0 Å². The van der Waals surface area contributed by atoms with E-state index in [0.29, 0.717) is 18.8 Å². The van der Waals surface area contributed by atoms with Crippen molar-refractivity contribution in [1.82, 2.24) is 10.2 Å². The van der Waals surface area contributed by atoms with Crippen molar-refractivity contribution in [3.63, 3.8) is 0 Å². The maximum Gasteiger partial charge on any atom is 0.327 e. The second-order valence-electron chi connectivity index (χ2n) is 4.94. The largest absolute Gasteiger partial charge is 0.480 e. The average molecular weight is 308 g/mol. The van der Waals surface area contributed by atoms with Crippen molar-refractivity contribution in [1.29, 1.82) is 0 Å². The van der Waals surface area contributed by atoms with Gasteiger partial charge in [-0.05, 0) is 18.4 Å². The van der Waals surface area contributed by atoms with Gasteiger partial charge < -0.3 is 15.3 Å². The molecule has 1 aromatic rings. The van der Waals surface area contributed by atoms with E-state index in [1.807, 2.05) is 18.2 Å². The molecule has 0 aliphatic carbocycles. The van der Waals surface area contributed by atoms with Crippen LogP contribution < -0.4 is 5.32 Å². The second-order valence-corrected chi connectivity index (χ2v) is 6.09. The molecule has 114 valence electrons. The van der Waals surface area contributed by atoms with Crippen LogP contribution in [-0.2, 0) is 11.2 Å². The van der Waals surface area contributed by atoms with Gasteiger partial charge in [-0.25, -0.2) is 9.59 Å². The Balaban J connectivity index is 1.74. The van der Waals surface area contributed by atoms with Crippen molar-refractivity contribution in [3.05, 3.63) is 35.9 Å². The number of urea groups is 1. The van der Waals surface area contributed by atoms with E-state index in [-0.39, 0.29) is 6.03 Å². The number of carboxylic acid groups (broad SMARTS) is 1. The van der Waals surface area contributed by atoms with Crippen LogP contribution in [0.15, 0.2) is 30.3 Å². The zero-order valence-electron chi connectivity index (χ0n) is 11.8. The third-order valence-corrected chi connectivity index (χ3v) is 4.46.